The van der Waals surface area contributed by atoms with E-state index in [1.54, 1.807) is 7.11 Å². The number of ether oxygens (including phenoxy) is 3. The molecule has 0 amide bonds. The van der Waals surface area contributed by atoms with Crippen molar-refractivity contribution in [3.05, 3.63) is 17.0 Å². The van der Waals surface area contributed by atoms with Gasteiger partial charge in [0.25, 0.3) is 0 Å². The molecule has 0 fully saturated rings. The number of carbonyl (C=O) groups excluding carboxylic acids is 1. The van der Waals surface area contributed by atoms with Gasteiger partial charge in [-0.15, -0.1) is 11.3 Å². The van der Waals surface area contributed by atoms with Crippen LogP contribution in [0.5, 0.6) is 0 Å². The fourth-order valence-corrected chi connectivity index (χ4v) is 2.80. The molecule has 1 heterocycles. The van der Waals surface area contributed by atoms with E-state index in [4.69, 9.17) is 19.3 Å². The van der Waals surface area contributed by atoms with E-state index in [-0.39, 0.29) is 16.4 Å². The highest BCUT2D eigenvalue weighted by molar-refractivity contribution is 7.91. The molecule has 1 aromatic rings. The molecular weight excluding hydrogens is 306 g/mol. The third kappa shape index (κ3) is 5.97. The summed E-state index contributed by atoms with van der Waals surface area (Å²) < 4.78 is 37.1. The summed E-state index contributed by atoms with van der Waals surface area (Å²) in [5.41, 5.74) is 0.180. The first kappa shape index (κ1) is 17.1. The van der Waals surface area contributed by atoms with Crippen LogP contribution < -0.4 is 5.14 Å². The monoisotopic (exact) mass is 323 g/mol. The molecule has 0 aliphatic heterocycles. The Bertz CT molecular complexity index is 525. The minimum Gasteiger partial charge on any atom is -0.462 e. The van der Waals surface area contributed by atoms with E-state index in [2.05, 4.69) is 0 Å². The highest BCUT2D eigenvalue weighted by Crippen LogP contribution is 2.19. The standard InChI is InChI=1S/C11H17NO6S2/c1-16-5-6-17-3-2-4-18-11(13)9-7-10(19-8-9)20(12,14)15/h7-8H,2-6H2,1H3,(H2,12,14,15). The van der Waals surface area contributed by atoms with Gasteiger partial charge in [0.15, 0.2) is 0 Å². The Morgan fingerprint density at radius 2 is 2.05 bits per heavy atom. The molecule has 0 saturated heterocycles. The molecule has 0 bridgehead atoms. The van der Waals surface area contributed by atoms with Crippen molar-refractivity contribution < 1.29 is 27.4 Å². The summed E-state index contributed by atoms with van der Waals surface area (Å²) in [6.07, 6.45) is 0.557. The van der Waals surface area contributed by atoms with Crippen LogP contribution in [0.25, 0.3) is 0 Å². The van der Waals surface area contributed by atoms with Crippen LogP contribution in [0.3, 0.4) is 0 Å². The van der Waals surface area contributed by atoms with Gasteiger partial charge in [-0.3, -0.25) is 0 Å². The van der Waals surface area contributed by atoms with E-state index in [0.29, 0.717) is 26.2 Å². The Balaban J connectivity index is 2.28. The lowest BCUT2D eigenvalue weighted by molar-refractivity contribution is 0.0386. The summed E-state index contributed by atoms with van der Waals surface area (Å²) in [6.45, 7) is 1.67. The van der Waals surface area contributed by atoms with E-state index in [1.165, 1.54) is 11.4 Å². The lowest BCUT2D eigenvalue weighted by Gasteiger charge is -2.04. The van der Waals surface area contributed by atoms with Crippen LogP contribution in [-0.2, 0) is 24.2 Å². The summed E-state index contributed by atoms with van der Waals surface area (Å²) in [6, 6.07) is 1.21. The lowest BCUT2D eigenvalue weighted by Crippen LogP contribution is -2.11. The Morgan fingerprint density at radius 3 is 2.65 bits per heavy atom. The zero-order chi connectivity index (χ0) is 15.0. The Kier molecular flexibility index (Phi) is 7.10. The van der Waals surface area contributed by atoms with Gasteiger partial charge < -0.3 is 14.2 Å². The minimum absolute atomic E-state index is 0.0626. The van der Waals surface area contributed by atoms with Crippen LogP contribution in [0.4, 0.5) is 0 Å². The molecule has 0 radical (unpaired) electrons. The molecule has 0 unspecified atom stereocenters. The first-order valence-electron chi connectivity index (χ1n) is 5.80. The topological polar surface area (TPSA) is 105 Å². The van der Waals surface area contributed by atoms with Crippen LogP contribution in [0.2, 0.25) is 0 Å². The second kappa shape index (κ2) is 8.32. The maximum Gasteiger partial charge on any atom is 0.339 e. The molecule has 0 aliphatic carbocycles. The Labute approximate surface area is 121 Å². The molecule has 0 aliphatic rings. The quantitative estimate of drug-likeness (QED) is 0.527. The Hall–Kier alpha value is -1.00. The number of thiophene rings is 1. The van der Waals surface area contributed by atoms with Crippen molar-refractivity contribution in [3.63, 3.8) is 0 Å². The van der Waals surface area contributed by atoms with Gasteiger partial charge >= 0.3 is 5.97 Å². The van der Waals surface area contributed by atoms with E-state index in [0.717, 1.165) is 11.3 Å². The van der Waals surface area contributed by atoms with Gasteiger partial charge in [0.2, 0.25) is 10.0 Å². The minimum atomic E-state index is -3.77. The lowest BCUT2D eigenvalue weighted by atomic mass is 10.3. The molecule has 2 N–H and O–H groups in total. The van der Waals surface area contributed by atoms with Crippen molar-refractivity contribution in [1.82, 2.24) is 0 Å². The van der Waals surface area contributed by atoms with Crippen LogP contribution in [0.15, 0.2) is 15.7 Å². The molecule has 114 valence electrons. The number of sulfonamides is 1. The molecule has 7 nitrogen and oxygen atoms in total. The summed E-state index contributed by atoms with van der Waals surface area (Å²) in [5, 5.41) is 6.35. The summed E-state index contributed by atoms with van der Waals surface area (Å²) in [4.78, 5) is 11.6. The largest absolute Gasteiger partial charge is 0.462 e. The van der Waals surface area contributed by atoms with Crippen molar-refractivity contribution in [2.24, 2.45) is 5.14 Å². The van der Waals surface area contributed by atoms with Crippen LogP contribution in [-0.4, -0.2) is 47.9 Å². The third-order valence-electron chi connectivity index (χ3n) is 2.19. The van der Waals surface area contributed by atoms with E-state index in [1.807, 2.05) is 0 Å². The number of hydrogen-bond donors (Lipinski definition) is 1. The third-order valence-corrected chi connectivity index (χ3v) is 4.58. The zero-order valence-corrected chi connectivity index (χ0v) is 12.7. The number of methoxy groups -OCH3 is 1. The van der Waals surface area contributed by atoms with Crippen molar-refractivity contribution in [2.75, 3.05) is 33.5 Å². The summed E-state index contributed by atoms with van der Waals surface area (Å²) in [7, 11) is -2.19. The van der Waals surface area contributed by atoms with Crippen LogP contribution in [0, 0.1) is 0 Å². The number of rotatable bonds is 9. The average molecular weight is 323 g/mol. The second-order valence-electron chi connectivity index (χ2n) is 3.79. The molecule has 1 aromatic heterocycles. The fraction of sp³-hybridized carbons (Fsp3) is 0.545. The van der Waals surface area contributed by atoms with Gasteiger partial charge in [-0.2, -0.15) is 0 Å². The molecule has 20 heavy (non-hydrogen) atoms. The number of carbonyl (C=O) groups is 1. The highest BCUT2D eigenvalue weighted by Gasteiger charge is 2.15. The van der Waals surface area contributed by atoms with Crippen molar-refractivity contribution in [3.8, 4) is 0 Å². The number of hydrogen-bond acceptors (Lipinski definition) is 7. The molecule has 0 atom stereocenters. The van der Waals surface area contributed by atoms with E-state index >= 15 is 0 Å². The van der Waals surface area contributed by atoms with Crippen LogP contribution >= 0.6 is 11.3 Å². The average Bonchev–Trinajstić information content (AvgIpc) is 2.87. The Morgan fingerprint density at radius 1 is 1.30 bits per heavy atom. The fourth-order valence-electron chi connectivity index (χ4n) is 1.23. The molecule has 1 rings (SSSR count). The van der Waals surface area contributed by atoms with Gasteiger partial charge in [-0.05, 0) is 6.07 Å². The number of nitrogens with two attached hydrogens (primary N) is 1. The van der Waals surface area contributed by atoms with Crippen LogP contribution in [0.1, 0.15) is 16.8 Å². The van der Waals surface area contributed by atoms with Gasteiger partial charge in [-0.25, -0.2) is 18.4 Å². The van der Waals surface area contributed by atoms with Crippen molar-refractivity contribution in [2.45, 2.75) is 10.6 Å². The molecule has 0 spiro atoms. The van der Waals surface area contributed by atoms with Crippen molar-refractivity contribution in [1.29, 1.82) is 0 Å². The molecule has 0 aromatic carbocycles. The van der Waals surface area contributed by atoms with Gasteiger partial charge in [0, 0.05) is 25.5 Å². The smallest absolute Gasteiger partial charge is 0.339 e. The highest BCUT2D eigenvalue weighted by atomic mass is 32.2. The maximum absolute atomic E-state index is 11.6. The maximum atomic E-state index is 11.6. The normalized spacial score (nSPS) is 11.5. The van der Waals surface area contributed by atoms with Crippen molar-refractivity contribution >= 4 is 27.3 Å². The van der Waals surface area contributed by atoms with E-state index < -0.39 is 16.0 Å². The SMILES string of the molecule is COCCOCCCOC(=O)c1csc(S(N)(=O)=O)c1. The molecule has 0 saturated carbocycles. The van der Waals surface area contributed by atoms with E-state index in [9.17, 15) is 13.2 Å². The zero-order valence-electron chi connectivity index (χ0n) is 11.0. The van der Waals surface area contributed by atoms with Gasteiger partial charge in [0.05, 0.1) is 25.4 Å². The summed E-state index contributed by atoms with van der Waals surface area (Å²) >= 11 is 0.885. The predicted octanol–water partition coefficient (Wildman–Crippen LogP) is 0.605. The molecule has 9 heteroatoms. The first-order valence-corrected chi connectivity index (χ1v) is 8.23. The van der Waals surface area contributed by atoms with Gasteiger partial charge in [0.1, 0.15) is 4.21 Å². The number of esters is 1. The number of primary sulfonamides is 1. The molecular formula is C11H17NO6S2. The first-order chi connectivity index (χ1) is 9.45. The predicted molar refractivity (Wildman–Crippen MR) is 73.3 cm³/mol. The van der Waals surface area contributed by atoms with Gasteiger partial charge in [-0.1, -0.05) is 0 Å². The summed E-state index contributed by atoms with van der Waals surface area (Å²) in [5.74, 6) is -0.576. The second-order valence-corrected chi connectivity index (χ2v) is 6.49.